The molecule has 0 aliphatic rings. The second-order valence-corrected chi connectivity index (χ2v) is 8.36. The summed E-state index contributed by atoms with van der Waals surface area (Å²) in [6.45, 7) is -0.424. The summed E-state index contributed by atoms with van der Waals surface area (Å²) in [4.78, 5) is 23.7. The molecule has 132 valence electrons. The van der Waals surface area contributed by atoms with Crippen molar-refractivity contribution in [2.24, 2.45) is 5.73 Å². The van der Waals surface area contributed by atoms with Crippen molar-refractivity contribution in [1.29, 1.82) is 0 Å². The van der Waals surface area contributed by atoms with Gasteiger partial charge in [0.05, 0.1) is 23.2 Å². The van der Waals surface area contributed by atoms with Crippen LogP contribution in [0.25, 0.3) is 0 Å². The van der Waals surface area contributed by atoms with Crippen LogP contribution in [0.2, 0.25) is 0 Å². The van der Waals surface area contributed by atoms with Crippen LogP contribution in [0.15, 0.2) is 48.5 Å². The van der Waals surface area contributed by atoms with Crippen molar-refractivity contribution >= 4 is 55.8 Å². The molecule has 2 rings (SSSR count). The Morgan fingerprint density at radius 1 is 1.12 bits per heavy atom. The molecule has 25 heavy (non-hydrogen) atoms. The Kier molecular flexibility index (Phi) is 6.01. The van der Waals surface area contributed by atoms with Crippen LogP contribution in [0.5, 0.6) is 0 Å². The largest absolute Gasteiger partial charge is 0.366 e. The van der Waals surface area contributed by atoms with E-state index in [9.17, 15) is 18.0 Å². The number of primary amides is 1. The average Bonchev–Trinajstić information content (AvgIpc) is 2.53. The molecule has 0 unspecified atom stereocenters. The van der Waals surface area contributed by atoms with E-state index in [0.717, 1.165) is 14.1 Å². The number of carbonyl (C=O) groups excluding carboxylic acids is 2. The van der Waals surface area contributed by atoms with E-state index >= 15 is 0 Å². The lowest BCUT2D eigenvalue weighted by Gasteiger charge is -2.22. The van der Waals surface area contributed by atoms with Crippen molar-refractivity contribution in [1.82, 2.24) is 0 Å². The zero-order chi connectivity index (χ0) is 18.6. The molecule has 0 aromatic heterocycles. The lowest BCUT2D eigenvalue weighted by Crippen LogP contribution is -2.37. The third-order valence-electron chi connectivity index (χ3n) is 3.27. The first kappa shape index (κ1) is 19.2. The Balaban J connectivity index is 2.24. The molecular weight excluding hydrogens is 457 g/mol. The molecule has 7 nitrogen and oxygen atoms in total. The molecule has 0 aliphatic carbocycles. The first-order chi connectivity index (χ1) is 11.7. The van der Waals surface area contributed by atoms with E-state index in [1.165, 1.54) is 12.1 Å². The Morgan fingerprint density at radius 2 is 1.72 bits per heavy atom. The normalized spacial score (nSPS) is 11.0. The van der Waals surface area contributed by atoms with E-state index < -0.39 is 28.4 Å². The molecule has 0 aliphatic heterocycles. The molecule has 0 bridgehead atoms. The van der Waals surface area contributed by atoms with Gasteiger partial charge in [-0.2, -0.15) is 0 Å². The second-order valence-electron chi connectivity index (χ2n) is 5.20. The number of amides is 2. The van der Waals surface area contributed by atoms with Crippen LogP contribution >= 0.6 is 22.6 Å². The van der Waals surface area contributed by atoms with Gasteiger partial charge in [-0.15, -0.1) is 0 Å². The highest BCUT2D eigenvalue weighted by atomic mass is 127. The number of nitrogens with one attached hydrogen (secondary N) is 1. The molecular formula is C16H16IN3O4S. The van der Waals surface area contributed by atoms with E-state index in [0.29, 0.717) is 5.69 Å². The first-order valence-electron chi connectivity index (χ1n) is 7.10. The van der Waals surface area contributed by atoms with Gasteiger partial charge in [0.25, 0.3) is 5.91 Å². The van der Waals surface area contributed by atoms with Crippen molar-refractivity contribution in [3.8, 4) is 0 Å². The van der Waals surface area contributed by atoms with Crippen LogP contribution in [-0.4, -0.2) is 33.0 Å². The monoisotopic (exact) mass is 473 g/mol. The number of carbonyl (C=O) groups is 2. The second kappa shape index (κ2) is 7.83. The summed E-state index contributed by atoms with van der Waals surface area (Å²) in [5.74, 6) is -1.27. The Hall–Kier alpha value is -2.14. The number of rotatable bonds is 6. The molecule has 0 saturated carbocycles. The van der Waals surface area contributed by atoms with Gasteiger partial charge in [0.15, 0.2) is 0 Å². The summed E-state index contributed by atoms with van der Waals surface area (Å²) in [7, 11) is -3.67. The standard InChI is InChI=1S/C16H16IN3O4S/c1-25(23,24)20(12-8-6-11(17)7-9-12)10-15(21)19-14-5-3-2-4-13(14)16(18)22/h2-9H,10H2,1H3,(H2,18,22)(H,19,21). The van der Waals surface area contributed by atoms with E-state index in [-0.39, 0.29) is 11.3 Å². The highest BCUT2D eigenvalue weighted by Crippen LogP contribution is 2.20. The number of anilines is 2. The Morgan fingerprint density at radius 3 is 2.28 bits per heavy atom. The summed E-state index contributed by atoms with van der Waals surface area (Å²) in [6, 6.07) is 13.0. The maximum Gasteiger partial charge on any atom is 0.250 e. The summed E-state index contributed by atoms with van der Waals surface area (Å²) in [5.41, 5.74) is 6.03. The average molecular weight is 473 g/mol. The molecule has 2 aromatic rings. The van der Waals surface area contributed by atoms with Gasteiger partial charge in [0, 0.05) is 3.57 Å². The van der Waals surface area contributed by atoms with Crippen molar-refractivity contribution in [3.63, 3.8) is 0 Å². The van der Waals surface area contributed by atoms with E-state index in [1.807, 2.05) is 0 Å². The minimum Gasteiger partial charge on any atom is -0.366 e. The van der Waals surface area contributed by atoms with E-state index in [4.69, 9.17) is 5.73 Å². The molecule has 2 aromatic carbocycles. The molecule has 0 fully saturated rings. The maximum atomic E-state index is 12.3. The van der Waals surface area contributed by atoms with Crippen molar-refractivity contribution < 1.29 is 18.0 Å². The molecule has 2 amide bonds. The lowest BCUT2D eigenvalue weighted by atomic mass is 10.1. The zero-order valence-electron chi connectivity index (χ0n) is 13.3. The number of sulfonamides is 1. The quantitative estimate of drug-likeness (QED) is 0.624. The van der Waals surface area contributed by atoms with Gasteiger partial charge >= 0.3 is 0 Å². The van der Waals surface area contributed by atoms with E-state index in [1.54, 1.807) is 36.4 Å². The van der Waals surface area contributed by atoms with Crippen LogP contribution in [-0.2, 0) is 14.8 Å². The number of hydrogen-bond acceptors (Lipinski definition) is 4. The molecule has 9 heteroatoms. The highest BCUT2D eigenvalue weighted by molar-refractivity contribution is 14.1. The fraction of sp³-hybridized carbons (Fsp3) is 0.125. The zero-order valence-corrected chi connectivity index (χ0v) is 16.2. The van der Waals surface area contributed by atoms with Crippen molar-refractivity contribution in [3.05, 3.63) is 57.7 Å². The number of halogens is 1. The highest BCUT2D eigenvalue weighted by Gasteiger charge is 2.21. The molecule has 0 atom stereocenters. The van der Waals surface area contributed by atoms with Gasteiger partial charge in [0.1, 0.15) is 6.54 Å². The van der Waals surface area contributed by atoms with Gasteiger partial charge in [-0.05, 0) is 59.0 Å². The Bertz CT molecular complexity index is 898. The topological polar surface area (TPSA) is 110 Å². The van der Waals surface area contributed by atoms with Crippen LogP contribution in [0.3, 0.4) is 0 Å². The summed E-state index contributed by atoms with van der Waals surface area (Å²) < 4.78 is 26.0. The predicted molar refractivity (Wildman–Crippen MR) is 105 cm³/mol. The SMILES string of the molecule is CS(=O)(=O)N(CC(=O)Nc1ccccc1C(N)=O)c1ccc(I)cc1. The third kappa shape index (κ3) is 5.16. The maximum absolute atomic E-state index is 12.3. The van der Waals surface area contributed by atoms with Crippen molar-refractivity contribution in [2.75, 3.05) is 22.4 Å². The molecule has 0 radical (unpaired) electrons. The van der Waals surface area contributed by atoms with Gasteiger partial charge in [-0.25, -0.2) is 8.42 Å². The molecule has 0 spiro atoms. The van der Waals surface area contributed by atoms with Crippen LogP contribution in [0, 0.1) is 3.57 Å². The summed E-state index contributed by atoms with van der Waals surface area (Å²) >= 11 is 2.10. The predicted octanol–water partition coefficient (Wildman–Crippen LogP) is 1.79. The first-order valence-corrected chi connectivity index (χ1v) is 10.0. The number of benzene rings is 2. The summed E-state index contributed by atoms with van der Waals surface area (Å²) in [6.07, 6.45) is 1.02. The van der Waals surface area contributed by atoms with Crippen molar-refractivity contribution in [2.45, 2.75) is 0 Å². The van der Waals surface area contributed by atoms with Crippen LogP contribution in [0.4, 0.5) is 11.4 Å². The minimum absolute atomic E-state index is 0.149. The lowest BCUT2D eigenvalue weighted by molar-refractivity contribution is -0.114. The number of para-hydroxylation sites is 1. The Labute approximate surface area is 159 Å². The molecule has 0 saturated heterocycles. The molecule has 3 N–H and O–H groups in total. The smallest absolute Gasteiger partial charge is 0.250 e. The number of hydrogen-bond donors (Lipinski definition) is 2. The fourth-order valence-corrected chi connectivity index (χ4v) is 3.35. The summed E-state index contributed by atoms with van der Waals surface area (Å²) in [5, 5.41) is 2.53. The van der Waals surface area contributed by atoms with Gasteiger partial charge in [-0.1, -0.05) is 12.1 Å². The minimum atomic E-state index is -3.67. The fourth-order valence-electron chi connectivity index (χ4n) is 2.13. The van der Waals surface area contributed by atoms with E-state index in [2.05, 4.69) is 27.9 Å². The third-order valence-corrected chi connectivity index (χ3v) is 5.13. The number of nitrogens with two attached hydrogens (primary N) is 1. The van der Waals surface area contributed by atoms with Gasteiger partial charge in [0.2, 0.25) is 15.9 Å². The van der Waals surface area contributed by atoms with Crippen LogP contribution in [0.1, 0.15) is 10.4 Å². The molecule has 0 heterocycles. The number of nitrogens with zero attached hydrogens (tertiary/aromatic N) is 1. The van der Waals surface area contributed by atoms with Gasteiger partial charge < -0.3 is 11.1 Å². The van der Waals surface area contributed by atoms with Crippen LogP contribution < -0.4 is 15.4 Å². The van der Waals surface area contributed by atoms with Gasteiger partial charge in [-0.3, -0.25) is 13.9 Å².